The van der Waals surface area contributed by atoms with Crippen molar-refractivity contribution in [1.82, 2.24) is 10.2 Å². The number of carbonyl (C=O) groups excluding carboxylic acids is 1. The molecule has 1 heterocycles. The first-order chi connectivity index (χ1) is 8.26. The van der Waals surface area contributed by atoms with E-state index < -0.39 is 0 Å². The minimum atomic E-state index is -0.182. The van der Waals surface area contributed by atoms with E-state index in [1.165, 1.54) is 0 Å². The van der Waals surface area contributed by atoms with E-state index in [0.717, 1.165) is 32.8 Å². The van der Waals surface area contributed by atoms with Gasteiger partial charge in [0.15, 0.2) is 0 Å². The van der Waals surface area contributed by atoms with Crippen molar-refractivity contribution in [3.8, 4) is 0 Å². The van der Waals surface area contributed by atoms with Gasteiger partial charge in [0.2, 0.25) is 5.91 Å². The van der Waals surface area contributed by atoms with Crippen LogP contribution in [-0.2, 0) is 14.3 Å². The lowest BCUT2D eigenvalue weighted by molar-refractivity contribution is -0.123. The fourth-order valence-electron chi connectivity index (χ4n) is 1.72. The number of ether oxygens (including phenoxy) is 2. The number of carbonyl (C=O) groups is 1. The SMILES string of the molecule is COC(CN)CC(=O)NCCN1CCOCC1. The molecule has 1 fully saturated rings. The number of nitrogens with two attached hydrogens (primary N) is 1. The largest absolute Gasteiger partial charge is 0.380 e. The second-order valence-electron chi connectivity index (χ2n) is 4.10. The van der Waals surface area contributed by atoms with E-state index in [0.29, 0.717) is 19.5 Å². The quantitative estimate of drug-likeness (QED) is 0.589. The van der Waals surface area contributed by atoms with Gasteiger partial charge in [-0.25, -0.2) is 0 Å². The molecule has 3 N–H and O–H groups in total. The minimum Gasteiger partial charge on any atom is -0.380 e. The number of amides is 1. The third kappa shape index (κ3) is 5.97. The minimum absolute atomic E-state index is 0.00411. The van der Waals surface area contributed by atoms with E-state index in [9.17, 15) is 4.79 Å². The summed E-state index contributed by atoms with van der Waals surface area (Å²) in [6, 6.07) is 0. The molecule has 1 rings (SSSR count). The van der Waals surface area contributed by atoms with Crippen LogP contribution in [0, 0.1) is 0 Å². The summed E-state index contributed by atoms with van der Waals surface area (Å²) in [6.45, 7) is 5.36. The smallest absolute Gasteiger partial charge is 0.222 e. The Labute approximate surface area is 102 Å². The molecule has 0 aromatic carbocycles. The average Bonchev–Trinajstić information content (AvgIpc) is 2.37. The van der Waals surface area contributed by atoms with Gasteiger partial charge in [-0.2, -0.15) is 0 Å². The van der Waals surface area contributed by atoms with Gasteiger partial charge in [0, 0.05) is 39.8 Å². The second kappa shape index (κ2) is 8.41. The van der Waals surface area contributed by atoms with E-state index in [1.807, 2.05) is 0 Å². The Morgan fingerprint density at radius 2 is 2.24 bits per heavy atom. The Bertz CT molecular complexity index is 216. The lowest BCUT2D eigenvalue weighted by Crippen LogP contribution is -2.42. The van der Waals surface area contributed by atoms with Gasteiger partial charge in [0.25, 0.3) is 0 Å². The highest BCUT2D eigenvalue weighted by molar-refractivity contribution is 5.76. The molecule has 0 aromatic rings. The standard InChI is InChI=1S/C11H23N3O3/c1-16-10(9-12)8-11(15)13-2-3-14-4-6-17-7-5-14/h10H,2-9,12H2,1H3,(H,13,15). The van der Waals surface area contributed by atoms with Crippen molar-refractivity contribution in [3.05, 3.63) is 0 Å². The van der Waals surface area contributed by atoms with Crippen LogP contribution < -0.4 is 11.1 Å². The predicted molar refractivity (Wildman–Crippen MR) is 64.7 cm³/mol. The molecule has 0 bridgehead atoms. The average molecular weight is 245 g/mol. The maximum absolute atomic E-state index is 11.5. The van der Waals surface area contributed by atoms with Crippen LogP contribution in [-0.4, -0.2) is 70.0 Å². The lowest BCUT2D eigenvalue weighted by Gasteiger charge is -2.26. The predicted octanol–water partition coefficient (Wildman–Crippen LogP) is -1.20. The van der Waals surface area contributed by atoms with Crippen LogP contribution in [0.4, 0.5) is 0 Å². The van der Waals surface area contributed by atoms with Gasteiger partial charge in [-0.3, -0.25) is 9.69 Å². The highest BCUT2D eigenvalue weighted by atomic mass is 16.5. The fourth-order valence-corrected chi connectivity index (χ4v) is 1.72. The van der Waals surface area contributed by atoms with Crippen molar-refractivity contribution in [2.75, 3.05) is 53.0 Å². The molecular formula is C11H23N3O3. The topological polar surface area (TPSA) is 76.8 Å². The van der Waals surface area contributed by atoms with E-state index >= 15 is 0 Å². The van der Waals surface area contributed by atoms with Gasteiger partial charge in [-0.1, -0.05) is 0 Å². The molecule has 0 saturated carbocycles. The molecule has 0 aromatic heterocycles. The molecule has 6 heteroatoms. The van der Waals surface area contributed by atoms with Crippen molar-refractivity contribution in [2.45, 2.75) is 12.5 Å². The Balaban J connectivity index is 2.06. The summed E-state index contributed by atoms with van der Waals surface area (Å²) in [6.07, 6.45) is 0.147. The van der Waals surface area contributed by atoms with Crippen molar-refractivity contribution < 1.29 is 14.3 Å². The monoisotopic (exact) mass is 245 g/mol. The highest BCUT2D eigenvalue weighted by Gasteiger charge is 2.12. The molecule has 0 aliphatic carbocycles. The summed E-state index contributed by atoms with van der Waals surface area (Å²) >= 11 is 0. The van der Waals surface area contributed by atoms with Crippen LogP contribution >= 0.6 is 0 Å². The second-order valence-corrected chi connectivity index (χ2v) is 4.10. The van der Waals surface area contributed by atoms with Crippen molar-refractivity contribution in [1.29, 1.82) is 0 Å². The van der Waals surface area contributed by atoms with E-state index in [1.54, 1.807) is 7.11 Å². The zero-order valence-corrected chi connectivity index (χ0v) is 10.5. The van der Waals surface area contributed by atoms with Gasteiger partial charge in [0.05, 0.1) is 25.7 Å². The molecule has 6 nitrogen and oxygen atoms in total. The van der Waals surface area contributed by atoms with Gasteiger partial charge >= 0.3 is 0 Å². The summed E-state index contributed by atoms with van der Waals surface area (Å²) in [5.74, 6) is -0.00411. The molecule has 1 aliphatic heterocycles. The first kappa shape index (κ1) is 14.4. The van der Waals surface area contributed by atoms with Crippen LogP contribution in [0.1, 0.15) is 6.42 Å². The zero-order chi connectivity index (χ0) is 12.5. The molecule has 0 radical (unpaired) electrons. The van der Waals surface area contributed by atoms with Crippen LogP contribution in [0.25, 0.3) is 0 Å². The third-order valence-corrected chi connectivity index (χ3v) is 2.86. The molecule has 1 atom stereocenters. The van der Waals surface area contributed by atoms with Crippen LogP contribution in [0.5, 0.6) is 0 Å². The van der Waals surface area contributed by atoms with Crippen LogP contribution in [0.15, 0.2) is 0 Å². The Kier molecular flexibility index (Phi) is 7.11. The number of nitrogens with zero attached hydrogens (tertiary/aromatic N) is 1. The summed E-state index contributed by atoms with van der Waals surface area (Å²) < 4.78 is 10.3. The van der Waals surface area contributed by atoms with Gasteiger partial charge in [-0.05, 0) is 0 Å². The van der Waals surface area contributed by atoms with Gasteiger partial charge < -0.3 is 20.5 Å². The molecule has 1 amide bonds. The highest BCUT2D eigenvalue weighted by Crippen LogP contribution is 1.96. The first-order valence-electron chi connectivity index (χ1n) is 6.06. The number of nitrogens with one attached hydrogen (secondary N) is 1. The molecule has 17 heavy (non-hydrogen) atoms. The number of methoxy groups -OCH3 is 1. The summed E-state index contributed by atoms with van der Waals surface area (Å²) in [5, 5.41) is 2.87. The van der Waals surface area contributed by atoms with Crippen LogP contribution in [0.2, 0.25) is 0 Å². The number of morpholine rings is 1. The summed E-state index contributed by atoms with van der Waals surface area (Å²) in [5.41, 5.74) is 5.45. The third-order valence-electron chi connectivity index (χ3n) is 2.86. The molecule has 100 valence electrons. The number of rotatable bonds is 7. The van der Waals surface area contributed by atoms with E-state index in [4.69, 9.17) is 15.2 Å². The zero-order valence-electron chi connectivity index (χ0n) is 10.5. The first-order valence-corrected chi connectivity index (χ1v) is 6.06. The Morgan fingerprint density at radius 3 is 2.82 bits per heavy atom. The normalized spacial score (nSPS) is 18.9. The summed E-state index contributed by atoms with van der Waals surface area (Å²) in [7, 11) is 1.57. The lowest BCUT2D eigenvalue weighted by atomic mass is 10.2. The van der Waals surface area contributed by atoms with E-state index in [2.05, 4.69) is 10.2 Å². The molecule has 1 aliphatic rings. The van der Waals surface area contributed by atoms with Crippen molar-refractivity contribution in [3.63, 3.8) is 0 Å². The number of hydrogen-bond acceptors (Lipinski definition) is 5. The van der Waals surface area contributed by atoms with E-state index in [-0.39, 0.29) is 12.0 Å². The molecule has 0 spiro atoms. The maximum atomic E-state index is 11.5. The van der Waals surface area contributed by atoms with Crippen LogP contribution in [0.3, 0.4) is 0 Å². The maximum Gasteiger partial charge on any atom is 0.222 e. The van der Waals surface area contributed by atoms with Gasteiger partial charge in [-0.15, -0.1) is 0 Å². The fraction of sp³-hybridized carbons (Fsp3) is 0.909. The van der Waals surface area contributed by atoms with Crippen molar-refractivity contribution >= 4 is 5.91 Å². The van der Waals surface area contributed by atoms with Crippen molar-refractivity contribution in [2.24, 2.45) is 5.73 Å². The molecule has 1 unspecified atom stereocenters. The number of hydrogen-bond donors (Lipinski definition) is 2. The molecular weight excluding hydrogens is 222 g/mol. The Hall–Kier alpha value is -0.690. The van der Waals surface area contributed by atoms with Gasteiger partial charge in [0.1, 0.15) is 0 Å². The molecule has 1 saturated heterocycles. The summed E-state index contributed by atoms with van der Waals surface area (Å²) in [4.78, 5) is 13.8. The Morgan fingerprint density at radius 1 is 1.53 bits per heavy atom.